The quantitative estimate of drug-likeness (QED) is 0.389. The number of carboxylic acid groups (broad SMARTS) is 1. The molecule has 0 aromatic rings. The molecule has 0 bridgehead atoms. The van der Waals surface area contributed by atoms with Gasteiger partial charge in [0.05, 0.1) is 0 Å². The van der Waals surface area contributed by atoms with Crippen LogP contribution in [0.1, 0.15) is 13.8 Å². The largest absolute Gasteiger partial charge is 0.475 e. The number of carboxylic acids is 1. The van der Waals surface area contributed by atoms with Gasteiger partial charge in [0.2, 0.25) is 0 Å². The van der Waals surface area contributed by atoms with Gasteiger partial charge in [0.1, 0.15) is 17.5 Å². The van der Waals surface area contributed by atoms with Gasteiger partial charge < -0.3 is 5.11 Å². The average Bonchev–Trinajstić information content (AvgIpc) is 1.85. The Morgan fingerprint density at radius 2 is 1.31 bits per heavy atom. The zero-order valence-electron chi connectivity index (χ0n) is 7.16. The van der Waals surface area contributed by atoms with Crippen LogP contribution in [0.25, 0.3) is 0 Å². The van der Waals surface area contributed by atoms with Gasteiger partial charge in [-0.25, -0.2) is 4.79 Å². The van der Waals surface area contributed by atoms with Gasteiger partial charge in [-0.3, -0.25) is 14.4 Å². The third-order valence-corrected chi connectivity index (χ3v) is 1.29. The number of Topliss-reactive ketones (excluding diaryl/α,β-unsaturated/α-hetero) is 3. The molecule has 0 amide bonds. The minimum Gasteiger partial charge on any atom is -0.475 e. The molecule has 0 radical (unpaired) electrons. The number of hydrogen-bond donors (Lipinski definition) is 1. The van der Waals surface area contributed by atoms with Gasteiger partial charge in [-0.05, 0) is 13.8 Å². The molecule has 70 valence electrons. The molecule has 0 unspecified atom stereocenters. The van der Waals surface area contributed by atoms with Gasteiger partial charge in [-0.1, -0.05) is 0 Å². The molecule has 0 heterocycles. The average molecular weight is 220 g/mol. The molecule has 0 aliphatic carbocycles. The van der Waals surface area contributed by atoms with E-state index in [-0.39, 0.29) is 21.7 Å². The van der Waals surface area contributed by atoms with Gasteiger partial charge in [0.15, 0.2) is 0 Å². The van der Waals surface area contributed by atoms with Crippen LogP contribution in [0.5, 0.6) is 0 Å². The summed E-state index contributed by atoms with van der Waals surface area (Å²) in [5.74, 6) is -6.24. The molecule has 0 saturated carbocycles. The predicted molar refractivity (Wildman–Crippen MR) is 37.5 cm³/mol. The third kappa shape index (κ3) is 4.10. The number of hydrogen-bond acceptors (Lipinski definition) is 4. The zero-order chi connectivity index (χ0) is 9.89. The molecule has 0 rings (SSSR count). The van der Waals surface area contributed by atoms with Crippen molar-refractivity contribution in [2.45, 2.75) is 13.8 Å². The molecule has 0 fully saturated rings. The van der Waals surface area contributed by atoms with Gasteiger partial charge in [0, 0.05) is 21.7 Å². The summed E-state index contributed by atoms with van der Waals surface area (Å²) in [4.78, 5) is 42.0. The van der Waals surface area contributed by atoms with E-state index in [9.17, 15) is 19.2 Å². The van der Waals surface area contributed by atoms with Gasteiger partial charge in [-0.15, -0.1) is 0 Å². The molecule has 0 aliphatic rings. The van der Waals surface area contributed by atoms with E-state index in [1.807, 2.05) is 0 Å². The summed E-state index contributed by atoms with van der Waals surface area (Å²) < 4.78 is 0. The Hall–Kier alpha value is -0.806. The van der Waals surface area contributed by atoms with Crippen LogP contribution in [0.2, 0.25) is 0 Å². The standard InChI is InChI=1S/C7H8O5.Ti/c1-3(8)5(4(2)9)6(10)7(11)12;/h5H,1-2H3,(H,11,12);. The number of aliphatic carboxylic acids is 1. The van der Waals surface area contributed by atoms with Crippen LogP contribution in [-0.4, -0.2) is 28.4 Å². The van der Waals surface area contributed by atoms with Crippen LogP contribution in [0.3, 0.4) is 0 Å². The Bertz CT molecular complexity index is 244. The molecule has 0 spiro atoms. The van der Waals surface area contributed by atoms with Crippen molar-refractivity contribution in [3.63, 3.8) is 0 Å². The fourth-order valence-electron chi connectivity index (χ4n) is 0.779. The number of rotatable bonds is 4. The number of ketones is 3. The minimum absolute atomic E-state index is 0. The van der Waals surface area contributed by atoms with Crippen LogP contribution < -0.4 is 0 Å². The van der Waals surface area contributed by atoms with Crippen molar-refractivity contribution in [1.29, 1.82) is 0 Å². The monoisotopic (exact) mass is 220 g/mol. The summed E-state index contributed by atoms with van der Waals surface area (Å²) in [6.07, 6.45) is 0. The van der Waals surface area contributed by atoms with Crippen molar-refractivity contribution in [2.24, 2.45) is 5.92 Å². The van der Waals surface area contributed by atoms with Gasteiger partial charge in [0.25, 0.3) is 5.78 Å². The summed E-state index contributed by atoms with van der Waals surface area (Å²) in [5.41, 5.74) is 0. The van der Waals surface area contributed by atoms with E-state index >= 15 is 0 Å². The molecular weight excluding hydrogens is 212 g/mol. The Kier molecular flexibility index (Phi) is 6.53. The Labute approximate surface area is 89.4 Å². The molecular formula is C7H8O5Ti. The van der Waals surface area contributed by atoms with Crippen molar-refractivity contribution in [1.82, 2.24) is 0 Å². The maximum atomic E-state index is 10.7. The van der Waals surface area contributed by atoms with Crippen molar-refractivity contribution >= 4 is 23.3 Å². The minimum atomic E-state index is -1.76. The predicted octanol–water partition coefficient (Wildman–Crippen LogP) is -0.568. The molecule has 0 aromatic carbocycles. The van der Waals surface area contributed by atoms with E-state index in [1.165, 1.54) is 0 Å². The summed E-state index contributed by atoms with van der Waals surface area (Å²) in [6, 6.07) is 0. The summed E-state index contributed by atoms with van der Waals surface area (Å²) in [7, 11) is 0. The SMILES string of the molecule is CC(=O)C(C(C)=O)C(=O)C(=O)O.[Ti]. The Balaban J connectivity index is 0. The second-order valence-corrected chi connectivity index (χ2v) is 2.32. The second-order valence-electron chi connectivity index (χ2n) is 2.32. The fraction of sp³-hybridized carbons (Fsp3) is 0.429. The van der Waals surface area contributed by atoms with Crippen LogP contribution in [0, 0.1) is 5.92 Å². The topological polar surface area (TPSA) is 88.5 Å². The maximum Gasteiger partial charge on any atom is 0.373 e. The maximum absolute atomic E-state index is 10.7. The molecule has 0 atom stereocenters. The van der Waals surface area contributed by atoms with Crippen LogP contribution >= 0.6 is 0 Å². The summed E-state index contributed by atoms with van der Waals surface area (Å²) >= 11 is 0. The first-order chi connectivity index (χ1) is 5.37. The number of carbonyl (C=O) groups is 4. The Morgan fingerprint density at radius 1 is 1.00 bits per heavy atom. The normalized spacial score (nSPS) is 8.85. The molecule has 0 saturated heterocycles. The first-order valence-electron chi connectivity index (χ1n) is 3.16. The first kappa shape index (κ1) is 14.7. The second kappa shape index (κ2) is 5.77. The van der Waals surface area contributed by atoms with E-state index < -0.39 is 29.2 Å². The molecule has 13 heavy (non-hydrogen) atoms. The summed E-state index contributed by atoms with van der Waals surface area (Å²) in [5, 5.41) is 8.20. The molecule has 5 nitrogen and oxygen atoms in total. The van der Waals surface area contributed by atoms with E-state index in [0.29, 0.717) is 0 Å². The van der Waals surface area contributed by atoms with Crippen molar-refractivity contribution in [2.75, 3.05) is 0 Å². The van der Waals surface area contributed by atoms with Crippen molar-refractivity contribution < 1.29 is 46.0 Å². The van der Waals surface area contributed by atoms with Crippen molar-refractivity contribution in [3.8, 4) is 0 Å². The Morgan fingerprint density at radius 3 is 1.38 bits per heavy atom. The summed E-state index contributed by atoms with van der Waals surface area (Å²) in [6.45, 7) is 2.01. The fourth-order valence-corrected chi connectivity index (χ4v) is 0.779. The molecule has 1 N–H and O–H groups in total. The van der Waals surface area contributed by atoms with Crippen LogP contribution in [0.15, 0.2) is 0 Å². The van der Waals surface area contributed by atoms with Crippen LogP contribution in [-0.2, 0) is 40.9 Å². The van der Waals surface area contributed by atoms with Crippen molar-refractivity contribution in [3.05, 3.63) is 0 Å². The van der Waals surface area contributed by atoms with E-state index in [0.717, 1.165) is 13.8 Å². The van der Waals surface area contributed by atoms with E-state index in [2.05, 4.69) is 0 Å². The van der Waals surface area contributed by atoms with Crippen LogP contribution in [0.4, 0.5) is 0 Å². The van der Waals surface area contributed by atoms with E-state index in [1.54, 1.807) is 0 Å². The van der Waals surface area contributed by atoms with Gasteiger partial charge in [-0.2, -0.15) is 0 Å². The molecule has 0 aliphatic heterocycles. The number of carbonyl (C=O) groups excluding carboxylic acids is 3. The zero-order valence-corrected chi connectivity index (χ0v) is 8.72. The third-order valence-electron chi connectivity index (χ3n) is 1.29. The smallest absolute Gasteiger partial charge is 0.373 e. The molecule has 6 heteroatoms. The molecule has 0 aromatic heterocycles. The first-order valence-corrected chi connectivity index (χ1v) is 3.16. The van der Waals surface area contributed by atoms with E-state index in [4.69, 9.17) is 5.11 Å². The van der Waals surface area contributed by atoms with Gasteiger partial charge >= 0.3 is 5.97 Å².